The summed E-state index contributed by atoms with van der Waals surface area (Å²) in [4.78, 5) is 23.4. The number of esters is 1. The Labute approximate surface area is 149 Å². The van der Waals surface area contributed by atoms with Gasteiger partial charge in [0.25, 0.3) is 0 Å². The van der Waals surface area contributed by atoms with Crippen molar-refractivity contribution in [2.45, 2.75) is 44.4 Å². The van der Waals surface area contributed by atoms with E-state index in [9.17, 15) is 9.59 Å². The normalized spacial score (nSPS) is 16.6. The van der Waals surface area contributed by atoms with Crippen molar-refractivity contribution in [1.29, 1.82) is 0 Å². The van der Waals surface area contributed by atoms with E-state index >= 15 is 0 Å². The van der Waals surface area contributed by atoms with Crippen LogP contribution >= 0.6 is 0 Å². The molecular formula is C20H26O5. The van der Waals surface area contributed by atoms with Gasteiger partial charge in [-0.05, 0) is 48.9 Å². The van der Waals surface area contributed by atoms with Crippen molar-refractivity contribution in [3.8, 4) is 11.5 Å². The topological polar surface area (TPSA) is 61.8 Å². The summed E-state index contributed by atoms with van der Waals surface area (Å²) < 4.78 is 15.3. The highest BCUT2D eigenvalue weighted by molar-refractivity contribution is 5.88. The Morgan fingerprint density at radius 1 is 1.12 bits per heavy atom. The number of ether oxygens (including phenoxy) is 3. The van der Waals surface area contributed by atoms with E-state index in [1.807, 2.05) is 18.2 Å². The average molecular weight is 346 g/mol. The summed E-state index contributed by atoms with van der Waals surface area (Å²) in [5, 5.41) is 0. The highest BCUT2D eigenvalue weighted by atomic mass is 16.5. The molecule has 0 amide bonds. The number of carbonyl (C=O) groups is 2. The first-order valence-corrected chi connectivity index (χ1v) is 8.62. The molecule has 0 aliphatic heterocycles. The van der Waals surface area contributed by atoms with Crippen molar-refractivity contribution in [3.63, 3.8) is 0 Å². The lowest BCUT2D eigenvalue weighted by Gasteiger charge is -2.26. The number of unbranched alkanes of at least 4 members (excludes halogenated alkanes) is 2. The molecule has 1 aromatic carbocycles. The molecule has 0 heterocycles. The van der Waals surface area contributed by atoms with Crippen molar-refractivity contribution in [1.82, 2.24) is 0 Å². The van der Waals surface area contributed by atoms with E-state index in [1.165, 1.54) is 18.7 Å². The smallest absolute Gasteiger partial charge is 0.330 e. The Balaban J connectivity index is 2.01. The highest BCUT2D eigenvalue weighted by Gasteiger charge is 2.28. The van der Waals surface area contributed by atoms with Crippen molar-refractivity contribution < 1.29 is 23.8 Å². The maximum atomic E-state index is 12.4. The third-order valence-electron chi connectivity index (χ3n) is 4.62. The first kappa shape index (κ1) is 19.0. The van der Waals surface area contributed by atoms with Crippen LogP contribution in [0.2, 0.25) is 0 Å². The quantitative estimate of drug-likeness (QED) is 0.409. The lowest BCUT2D eigenvalue weighted by Crippen LogP contribution is -2.20. The molecule has 0 N–H and O–H groups in total. The Bertz CT molecular complexity index is 648. The summed E-state index contributed by atoms with van der Waals surface area (Å²) in [6, 6.07) is 3.94. The molecule has 5 heteroatoms. The van der Waals surface area contributed by atoms with Crippen LogP contribution in [0.3, 0.4) is 0 Å². The first-order chi connectivity index (χ1) is 12.1. The number of benzene rings is 1. The third kappa shape index (κ3) is 4.84. The second kappa shape index (κ2) is 9.25. The van der Waals surface area contributed by atoms with Crippen LogP contribution in [0, 0.1) is 0 Å². The van der Waals surface area contributed by atoms with Gasteiger partial charge >= 0.3 is 5.97 Å². The molecule has 1 aliphatic rings. The van der Waals surface area contributed by atoms with Gasteiger partial charge in [0, 0.05) is 18.4 Å². The van der Waals surface area contributed by atoms with E-state index in [0.717, 1.165) is 37.7 Å². The van der Waals surface area contributed by atoms with E-state index in [0.29, 0.717) is 23.7 Å². The second-order valence-corrected chi connectivity index (χ2v) is 6.13. The summed E-state index contributed by atoms with van der Waals surface area (Å²) >= 11 is 0. The fourth-order valence-electron chi connectivity index (χ4n) is 3.26. The maximum absolute atomic E-state index is 12.4. The molecule has 0 spiro atoms. The number of ketones is 1. The number of methoxy groups -OCH3 is 3. The van der Waals surface area contributed by atoms with Gasteiger partial charge in [-0.3, -0.25) is 4.79 Å². The zero-order chi connectivity index (χ0) is 18.2. The molecule has 25 heavy (non-hydrogen) atoms. The molecule has 1 aromatic rings. The van der Waals surface area contributed by atoms with Crippen LogP contribution in [-0.2, 0) is 20.7 Å². The van der Waals surface area contributed by atoms with E-state index in [-0.39, 0.29) is 11.9 Å². The van der Waals surface area contributed by atoms with Crippen molar-refractivity contribution in [2.75, 3.05) is 21.3 Å². The van der Waals surface area contributed by atoms with Crippen LogP contribution in [-0.4, -0.2) is 33.1 Å². The van der Waals surface area contributed by atoms with E-state index in [4.69, 9.17) is 9.47 Å². The Morgan fingerprint density at radius 3 is 2.52 bits per heavy atom. The van der Waals surface area contributed by atoms with Gasteiger partial charge in [0.15, 0.2) is 11.5 Å². The lowest BCUT2D eigenvalue weighted by molar-refractivity contribution is -0.134. The molecule has 1 unspecified atom stereocenters. The maximum Gasteiger partial charge on any atom is 0.330 e. The van der Waals surface area contributed by atoms with Crippen LogP contribution in [0.4, 0.5) is 0 Å². The largest absolute Gasteiger partial charge is 0.493 e. The molecule has 0 aromatic heterocycles. The van der Waals surface area contributed by atoms with Crippen molar-refractivity contribution in [2.24, 2.45) is 0 Å². The highest BCUT2D eigenvalue weighted by Crippen LogP contribution is 2.39. The monoisotopic (exact) mass is 346 g/mol. The molecule has 136 valence electrons. The lowest BCUT2D eigenvalue weighted by atomic mass is 9.79. The van der Waals surface area contributed by atoms with Gasteiger partial charge in [-0.1, -0.05) is 12.5 Å². The van der Waals surface area contributed by atoms with Gasteiger partial charge in [-0.25, -0.2) is 4.79 Å². The molecular weight excluding hydrogens is 320 g/mol. The fraction of sp³-hybridized carbons (Fsp3) is 0.500. The van der Waals surface area contributed by atoms with E-state index < -0.39 is 0 Å². The fourth-order valence-corrected chi connectivity index (χ4v) is 3.26. The van der Waals surface area contributed by atoms with Gasteiger partial charge in [-0.15, -0.1) is 0 Å². The third-order valence-corrected chi connectivity index (χ3v) is 4.62. The summed E-state index contributed by atoms with van der Waals surface area (Å²) in [6.45, 7) is 0. The van der Waals surface area contributed by atoms with Crippen LogP contribution in [0.1, 0.15) is 49.1 Å². The molecule has 0 radical (unpaired) electrons. The number of aryl methyl sites for hydroxylation is 1. The molecule has 0 saturated carbocycles. The molecule has 2 rings (SSSR count). The van der Waals surface area contributed by atoms with Gasteiger partial charge in [-0.2, -0.15) is 0 Å². The minimum absolute atomic E-state index is 0.0758. The van der Waals surface area contributed by atoms with Crippen LogP contribution < -0.4 is 9.47 Å². The molecule has 0 bridgehead atoms. The second-order valence-electron chi connectivity index (χ2n) is 6.13. The molecule has 0 fully saturated rings. The SMILES string of the molecule is COC(=O)/C=C/CCCCC1C(=O)CCc2cc(OC)c(OC)cc21. The molecule has 1 atom stereocenters. The summed E-state index contributed by atoms with van der Waals surface area (Å²) in [7, 11) is 4.59. The first-order valence-electron chi connectivity index (χ1n) is 8.62. The van der Waals surface area contributed by atoms with Gasteiger partial charge < -0.3 is 14.2 Å². The predicted molar refractivity (Wildman–Crippen MR) is 95.2 cm³/mol. The molecule has 0 saturated heterocycles. The predicted octanol–water partition coefficient (Wildman–Crippen LogP) is 3.59. The number of hydrogen-bond donors (Lipinski definition) is 0. The molecule has 1 aliphatic carbocycles. The minimum Gasteiger partial charge on any atom is -0.493 e. The van der Waals surface area contributed by atoms with E-state index in [2.05, 4.69) is 4.74 Å². The number of allylic oxidation sites excluding steroid dienone is 1. The number of hydrogen-bond acceptors (Lipinski definition) is 5. The number of Topliss-reactive ketones (excluding diaryl/α,β-unsaturated/α-hetero) is 1. The zero-order valence-corrected chi connectivity index (χ0v) is 15.2. The Kier molecular flexibility index (Phi) is 7.04. The summed E-state index contributed by atoms with van der Waals surface area (Å²) in [5.41, 5.74) is 2.24. The summed E-state index contributed by atoms with van der Waals surface area (Å²) in [6.07, 6.45) is 8.06. The van der Waals surface area contributed by atoms with Gasteiger partial charge in [0.1, 0.15) is 5.78 Å². The summed E-state index contributed by atoms with van der Waals surface area (Å²) in [5.74, 6) is 1.26. The van der Waals surface area contributed by atoms with Crippen LogP contribution in [0.15, 0.2) is 24.3 Å². The van der Waals surface area contributed by atoms with Crippen LogP contribution in [0.5, 0.6) is 11.5 Å². The standard InChI is InChI=1S/C20H26O5/c1-23-18-12-14-10-11-17(21)15(16(14)13-19(18)24-2)8-6-4-5-7-9-20(22)25-3/h7,9,12-13,15H,4-6,8,10-11H2,1-3H3/b9-7+. The Morgan fingerprint density at radius 2 is 1.84 bits per heavy atom. The van der Waals surface area contributed by atoms with Crippen molar-refractivity contribution in [3.05, 3.63) is 35.4 Å². The Hall–Kier alpha value is -2.30. The number of fused-ring (bicyclic) bond motifs is 1. The van der Waals surface area contributed by atoms with E-state index in [1.54, 1.807) is 14.2 Å². The van der Waals surface area contributed by atoms with Gasteiger partial charge in [0.05, 0.1) is 21.3 Å². The van der Waals surface area contributed by atoms with Crippen LogP contribution in [0.25, 0.3) is 0 Å². The molecule has 5 nitrogen and oxygen atoms in total. The zero-order valence-electron chi connectivity index (χ0n) is 15.2. The minimum atomic E-state index is -0.336. The number of rotatable bonds is 8. The van der Waals surface area contributed by atoms with Gasteiger partial charge in [0.2, 0.25) is 0 Å². The average Bonchev–Trinajstić information content (AvgIpc) is 2.64. The van der Waals surface area contributed by atoms with Crippen molar-refractivity contribution >= 4 is 11.8 Å². The number of carbonyl (C=O) groups excluding carboxylic acids is 2.